The van der Waals surface area contributed by atoms with E-state index in [0.29, 0.717) is 5.67 Å². The SMILES string of the molecule is CCC(N)[SiH2]OC. The van der Waals surface area contributed by atoms with Crippen molar-refractivity contribution >= 4 is 9.76 Å². The molecule has 0 aliphatic heterocycles. The molecule has 7 heavy (non-hydrogen) atoms. The van der Waals surface area contributed by atoms with Crippen molar-refractivity contribution in [2.75, 3.05) is 7.11 Å². The molecule has 0 heterocycles. The van der Waals surface area contributed by atoms with Crippen molar-refractivity contribution in [3.63, 3.8) is 0 Å². The quantitative estimate of drug-likeness (QED) is 0.504. The molecule has 1 unspecified atom stereocenters. The molecule has 0 spiro atoms. The lowest BCUT2D eigenvalue weighted by molar-refractivity contribution is 0.430. The van der Waals surface area contributed by atoms with Crippen LogP contribution in [0.15, 0.2) is 0 Å². The van der Waals surface area contributed by atoms with Crippen LogP contribution in [-0.4, -0.2) is 22.5 Å². The molecule has 0 amide bonds. The zero-order valence-electron chi connectivity index (χ0n) is 4.98. The molecule has 0 rings (SSSR count). The fraction of sp³-hybridized carbons (Fsp3) is 1.00. The van der Waals surface area contributed by atoms with Gasteiger partial charge in [0, 0.05) is 12.8 Å². The third kappa shape index (κ3) is 3.98. The third-order valence-corrected chi connectivity index (χ3v) is 2.24. The molecule has 0 saturated carbocycles. The average Bonchev–Trinajstić information content (AvgIpc) is 1.68. The Morgan fingerprint density at radius 1 is 1.86 bits per heavy atom. The van der Waals surface area contributed by atoms with E-state index in [1.807, 2.05) is 0 Å². The van der Waals surface area contributed by atoms with Gasteiger partial charge in [-0.3, -0.25) is 0 Å². The molecule has 0 aromatic heterocycles. The molecule has 2 nitrogen and oxygen atoms in total. The molecule has 0 aromatic carbocycles. The molecule has 3 heteroatoms. The van der Waals surface area contributed by atoms with Crippen LogP contribution >= 0.6 is 0 Å². The van der Waals surface area contributed by atoms with Gasteiger partial charge in [-0.25, -0.2) is 0 Å². The minimum absolute atomic E-state index is 0.366. The van der Waals surface area contributed by atoms with E-state index in [4.69, 9.17) is 10.2 Å². The van der Waals surface area contributed by atoms with Crippen LogP contribution in [0.25, 0.3) is 0 Å². The van der Waals surface area contributed by atoms with Crippen LogP contribution in [0.2, 0.25) is 0 Å². The summed E-state index contributed by atoms with van der Waals surface area (Å²) in [5.41, 5.74) is 5.89. The Morgan fingerprint density at radius 3 is 2.57 bits per heavy atom. The fourth-order valence-corrected chi connectivity index (χ4v) is 0.996. The molecule has 44 valence electrons. The molecule has 1 atom stereocenters. The summed E-state index contributed by atoms with van der Waals surface area (Å²) >= 11 is 0. The van der Waals surface area contributed by atoms with Crippen LogP contribution in [0.3, 0.4) is 0 Å². The maximum absolute atomic E-state index is 5.52. The predicted molar refractivity (Wildman–Crippen MR) is 33.8 cm³/mol. The maximum Gasteiger partial charge on any atom is 0.177 e. The van der Waals surface area contributed by atoms with E-state index in [0.717, 1.165) is 6.42 Å². The van der Waals surface area contributed by atoms with Gasteiger partial charge in [0.05, 0.1) is 0 Å². The lowest BCUT2D eigenvalue weighted by Gasteiger charge is -2.02. The third-order valence-electron chi connectivity index (χ3n) is 0.905. The van der Waals surface area contributed by atoms with Gasteiger partial charge in [-0.05, 0) is 6.42 Å². The summed E-state index contributed by atoms with van der Waals surface area (Å²) in [4.78, 5) is 0. The zero-order valence-corrected chi connectivity index (χ0v) is 6.39. The Hall–Kier alpha value is 0.137. The Balaban J connectivity index is 2.83. The summed E-state index contributed by atoms with van der Waals surface area (Å²) < 4.78 is 4.91. The van der Waals surface area contributed by atoms with Gasteiger partial charge < -0.3 is 10.2 Å². The summed E-state index contributed by atoms with van der Waals surface area (Å²) in [5.74, 6) is 0. The second-order valence-electron chi connectivity index (χ2n) is 1.62. The molecule has 2 N–H and O–H groups in total. The van der Waals surface area contributed by atoms with E-state index >= 15 is 0 Å². The van der Waals surface area contributed by atoms with Crippen LogP contribution in [0.1, 0.15) is 13.3 Å². The van der Waals surface area contributed by atoms with Crippen LogP contribution in [-0.2, 0) is 4.43 Å². The number of hydrogen-bond acceptors (Lipinski definition) is 2. The Kier molecular flexibility index (Phi) is 4.38. The monoisotopic (exact) mass is 119 g/mol. The molecule has 0 aliphatic rings. The Labute approximate surface area is 47.0 Å². The van der Waals surface area contributed by atoms with Gasteiger partial charge in [0.15, 0.2) is 9.76 Å². The van der Waals surface area contributed by atoms with Crippen molar-refractivity contribution in [1.82, 2.24) is 0 Å². The van der Waals surface area contributed by atoms with E-state index in [1.54, 1.807) is 7.11 Å². The smallest absolute Gasteiger partial charge is 0.177 e. The van der Waals surface area contributed by atoms with Crippen molar-refractivity contribution in [2.45, 2.75) is 19.0 Å². The van der Waals surface area contributed by atoms with Gasteiger partial charge in [0.1, 0.15) is 0 Å². The number of nitrogens with two attached hydrogens (primary N) is 1. The summed E-state index contributed by atoms with van der Waals surface area (Å²) in [6, 6.07) is 0. The summed E-state index contributed by atoms with van der Waals surface area (Å²) in [7, 11) is 1.35. The van der Waals surface area contributed by atoms with E-state index in [2.05, 4.69) is 6.92 Å². The van der Waals surface area contributed by atoms with Gasteiger partial charge >= 0.3 is 0 Å². The molecule has 0 bridgehead atoms. The largest absolute Gasteiger partial charge is 0.426 e. The highest BCUT2D eigenvalue weighted by Gasteiger charge is 1.95. The summed E-state index contributed by atoms with van der Waals surface area (Å²) in [5, 5.41) is 0. The minimum Gasteiger partial charge on any atom is -0.426 e. The van der Waals surface area contributed by atoms with Crippen LogP contribution in [0.5, 0.6) is 0 Å². The Bertz CT molecular complexity index is 42.7. The van der Waals surface area contributed by atoms with Crippen molar-refractivity contribution in [2.24, 2.45) is 5.73 Å². The Morgan fingerprint density at radius 2 is 2.43 bits per heavy atom. The fourth-order valence-electron chi connectivity index (χ4n) is 0.332. The van der Waals surface area contributed by atoms with Gasteiger partial charge in [-0.15, -0.1) is 0 Å². The lowest BCUT2D eigenvalue weighted by Crippen LogP contribution is -2.27. The first-order valence-electron chi connectivity index (χ1n) is 2.55. The van der Waals surface area contributed by atoms with Crippen LogP contribution in [0.4, 0.5) is 0 Å². The highest BCUT2D eigenvalue weighted by atomic mass is 28.2. The first-order valence-corrected chi connectivity index (χ1v) is 3.95. The zero-order chi connectivity index (χ0) is 5.70. The summed E-state index contributed by atoms with van der Waals surface area (Å²) in [6.45, 7) is 2.08. The second kappa shape index (κ2) is 4.30. The average molecular weight is 119 g/mol. The highest BCUT2D eigenvalue weighted by Crippen LogP contribution is 1.80. The van der Waals surface area contributed by atoms with Crippen LogP contribution in [0, 0.1) is 0 Å². The molecule has 0 aromatic rings. The molecule has 0 radical (unpaired) electrons. The topological polar surface area (TPSA) is 35.2 Å². The normalized spacial score (nSPS) is 15.9. The van der Waals surface area contributed by atoms with Gasteiger partial charge in [-0.1, -0.05) is 6.92 Å². The number of rotatable bonds is 3. The van der Waals surface area contributed by atoms with E-state index < -0.39 is 0 Å². The van der Waals surface area contributed by atoms with E-state index in [-0.39, 0.29) is 9.76 Å². The second-order valence-corrected chi connectivity index (χ2v) is 3.58. The van der Waals surface area contributed by atoms with Gasteiger partial charge in [0.2, 0.25) is 0 Å². The van der Waals surface area contributed by atoms with Gasteiger partial charge in [-0.2, -0.15) is 0 Å². The predicted octanol–water partition coefficient (Wildman–Crippen LogP) is -0.589. The summed E-state index contributed by atoms with van der Waals surface area (Å²) in [6.07, 6.45) is 1.06. The molecule has 0 saturated heterocycles. The first kappa shape index (κ1) is 7.14. The first-order chi connectivity index (χ1) is 3.31. The van der Waals surface area contributed by atoms with Crippen molar-refractivity contribution in [3.05, 3.63) is 0 Å². The van der Waals surface area contributed by atoms with Gasteiger partial charge in [0.25, 0.3) is 0 Å². The molecule has 0 fully saturated rings. The van der Waals surface area contributed by atoms with Crippen molar-refractivity contribution < 1.29 is 4.43 Å². The van der Waals surface area contributed by atoms with E-state index in [9.17, 15) is 0 Å². The minimum atomic E-state index is -0.376. The maximum atomic E-state index is 5.52. The standard InChI is InChI=1S/C4H13NOSi/c1-3-4(5)7-6-2/h4H,3,5,7H2,1-2H3. The number of hydrogen-bond donors (Lipinski definition) is 1. The highest BCUT2D eigenvalue weighted by molar-refractivity contribution is 6.29. The molecule has 0 aliphatic carbocycles. The van der Waals surface area contributed by atoms with Crippen LogP contribution < -0.4 is 5.73 Å². The molecular formula is C4H13NOSi. The van der Waals surface area contributed by atoms with E-state index in [1.165, 1.54) is 0 Å². The van der Waals surface area contributed by atoms with Crippen molar-refractivity contribution in [1.29, 1.82) is 0 Å². The van der Waals surface area contributed by atoms with Crippen molar-refractivity contribution in [3.8, 4) is 0 Å². The molecular weight excluding hydrogens is 106 g/mol. The lowest BCUT2D eigenvalue weighted by atomic mass is 10.5.